The molecule has 0 radical (unpaired) electrons. The average Bonchev–Trinajstić information content (AvgIpc) is 2.47. The molecule has 1 heterocycles. The molecule has 7 nitrogen and oxygen atoms in total. The maximum absolute atomic E-state index is 10.8. The number of aromatic nitrogens is 2. The maximum Gasteiger partial charge on any atom is 0.273 e. The van der Waals surface area contributed by atoms with E-state index in [4.69, 9.17) is 4.74 Å². The number of halogens is 1. The number of ether oxygens (including phenoxy) is 1. The van der Waals surface area contributed by atoms with Crippen LogP contribution in [0.1, 0.15) is 13.3 Å². The summed E-state index contributed by atoms with van der Waals surface area (Å²) in [7, 11) is 0. The van der Waals surface area contributed by atoms with Crippen LogP contribution in [0.5, 0.6) is 11.6 Å². The normalized spacial score (nSPS) is 10.2. The zero-order valence-electron chi connectivity index (χ0n) is 11.2. The minimum atomic E-state index is -0.479. The third-order valence-electron chi connectivity index (χ3n) is 2.50. The van der Waals surface area contributed by atoms with E-state index in [0.29, 0.717) is 22.1 Å². The molecule has 2 rings (SSSR count). The second-order valence-electron chi connectivity index (χ2n) is 4.12. The van der Waals surface area contributed by atoms with E-state index < -0.39 is 4.92 Å². The summed E-state index contributed by atoms with van der Waals surface area (Å²) in [5, 5.41) is 13.8. The van der Waals surface area contributed by atoms with Crippen molar-refractivity contribution in [1.29, 1.82) is 0 Å². The van der Waals surface area contributed by atoms with Gasteiger partial charge < -0.3 is 10.1 Å². The number of nitrogens with one attached hydrogen (secondary N) is 1. The third kappa shape index (κ3) is 4.12. The molecule has 0 saturated carbocycles. The lowest BCUT2D eigenvalue weighted by Crippen LogP contribution is -2.04. The zero-order chi connectivity index (χ0) is 15.2. The number of anilines is 1. The lowest BCUT2D eigenvalue weighted by Gasteiger charge is -2.08. The van der Waals surface area contributed by atoms with Crippen LogP contribution in [0.25, 0.3) is 0 Å². The molecule has 21 heavy (non-hydrogen) atoms. The van der Waals surface area contributed by atoms with Crippen LogP contribution in [0.3, 0.4) is 0 Å². The number of nitro benzene ring substituents is 1. The van der Waals surface area contributed by atoms with Crippen molar-refractivity contribution >= 4 is 27.6 Å². The van der Waals surface area contributed by atoms with Gasteiger partial charge in [0.15, 0.2) is 5.75 Å². The molecule has 110 valence electrons. The van der Waals surface area contributed by atoms with Crippen molar-refractivity contribution in [1.82, 2.24) is 9.97 Å². The van der Waals surface area contributed by atoms with Gasteiger partial charge in [-0.05, 0) is 28.4 Å². The van der Waals surface area contributed by atoms with Gasteiger partial charge in [0.2, 0.25) is 11.8 Å². The maximum atomic E-state index is 10.8. The molecule has 0 atom stereocenters. The van der Waals surface area contributed by atoms with E-state index in [1.165, 1.54) is 12.1 Å². The second-order valence-corrected chi connectivity index (χ2v) is 4.97. The van der Waals surface area contributed by atoms with Crippen LogP contribution in [0.15, 0.2) is 34.9 Å². The summed E-state index contributed by atoms with van der Waals surface area (Å²) in [4.78, 5) is 18.6. The summed E-state index contributed by atoms with van der Waals surface area (Å²) in [6, 6.07) is 5.88. The molecule has 0 aliphatic rings. The Morgan fingerprint density at radius 2 is 2.24 bits per heavy atom. The highest BCUT2D eigenvalue weighted by Gasteiger charge is 2.12. The van der Waals surface area contributed by atoms with Gasteiger partial charge in [-0.2, -0.15) is 4.98 Å². The SMILES string of the molecule is CCCNc1nccc(Oc2cc([N+](=O)[O-])ccc2Br)n1. The molecule has 0 amide bonds. The van der Waals surface area contributed by atoms with Crippen LogP contribution in [0.2, 0.25) is 0 Å². The number of hydrogen-bond donors (Lipinski definition) is 1. The monoisotopic (exact) mass is 352 g/mol. The fraction of sp³-hybridized carbons (Fsp3) is 0.231. The highest BCUT2D eigenvalue weighted by atomic mass is 79.9. The van der Waals surface area contributed by atoms with E-state index >= 15 is 0 Å². The van der Waals surface area contributed by atoms with E-state index in [2.05, 4.69) is 31.2 Å². The molecule has 0 aliphatic heterocycles. The smallest absolute Gasteiger partial charge is 0.273 e. The molecule has 0 spiro atoms. The molecule has 0 unspecified atom stereocenters. The van der Waals surface area contributed by atoms with Gasteiger partial charge in [-0.25, -0.2) is 4.98 Å². The van der Waals surface area contributed by atoms with Crippen LogP contribution >= 0.6 is 15.9 Å². The largest absolute Gasteiger partial charge is 0.437 e. The fourth-order valence-electron chi connectivity index (χ4n) is 1.52. The Morgan fingerprint density at radius 3 is 2.95 bits per heavy atom. The highest BCUT2D eigenvalue weighted by molar-refractivity contribution is 9.10. The average molecular weight is 353 g/mol. The van der Waals surface area contributed by atoms with Gasteiger partial charge >= 0.3 is 0 Å². The van der Waals surface area contributed by atoms with Gasteiger partial charge in [-0.3, -0.25) is 10.1 Å². The summed E-state index contributed by atoms with van der Waals surface area (Å²) >= 11 is 3.29. The minimum absolute atomic E-state index is 0.0495. The zero-order valence-corrected chi connectivity index (χ0v) is 12.8. The molecule has 1 aromatic carbocycles. The van der Waals surface area contributed by atoms with E-state index in [0.717, 1.165) is 13.0 Å². The van der Waals surface area contributed by atoms with Gasteiger partial charge in [0, 0.05) is 24.9 Å². The Kier molecular flexibility index (Phi) is 5.04. The van der Waals surface area contributed by atoms with Crippen molar-refractivity contribution in [3.63, 3.8) is 0 Å². The van der Waals surface area contributed by atoms with Crippen LogP contribution in [-0.2, 0) is 0 Å². The first kappa shape index (κ1) is 15.2. The van der Waals surface area contributed by atoms with Crippen LogP contribution < -0.4 is 10.1 Å². The highest BCUT2D eigenvalue weighted by Crippen LogP contribution is 2.32. The van der Waals surface area contributed by atoms with Crippen molar-refractivity contribution in [3.05, 3.63) is 45.0 Å². The first-order chi connectivity index (χ1) is 10.1. The van der Waals surface area contributed by atoms with Gasteiger partial charge in [0.1, 0.15) is 0 Å². The van der Waals surface area contributed by atoms with E-state index in [-0.39, 0.29) is 5.69 Å². The molecule has 2 aromatic rings. The number of nitrogens with zero attached hydrogens (tertiary/aromatic N) is 3. The van der Waals surface area contributed by atoms with Gasteiger partial charge in [-0.1, -0.05) is 6.92 Å². The minimum Gasteiger partial charge on any atom is -0.437 e. The molecular formula is C13H13BrN4O3. The fourth-order valence-corrected chi connectivity index (χ4v) is 1.85. The van der Waals surface area contributed by atoms with E-state index in [1.54, 1.807) is 18.3 Å². The number of non-ortho nitro benzene ring substituents is 1. The molecule has 1 aromatic heterocycles. The first-order valence-electron chi connectivity index (χ1n) is 6.29. The van der Waals surface area contributed by atoms with Crippen LogP contribution in [-0.4, -0.2) is 21.4 Å². The Balaban J connectivity index is 2.21. The van der Waals surface area contributed by atoms with E-state index in [1.807, 2.05) is 6.92 Å². The van der Waals surface area contributed by atoms with Crippen LogP contribution in [0, 0.1) is 10.1 Å². The number of rotatable bonds is 6. The summed E-state index contributed by atoms with van der Waals surface area (Å²) in [5.41, 5.74) is -0.0495. The molecule has 0 fully saturated rings. The van der Waals surface area contributed by atoms with Crippen molar-refractivity contribution in [2.75, 3.05) is 11.9 Å². The predicted octanol–water partition coefficient (Wildman–Crippen LogP) is 3.76. The summed E-state index contributed by atoms with van der Waals surface area (Å²) in [6.07, 6.45) is 2.51. The molecule has 0 aliphatic carbocycles. The number of benzene rings is 1. The van der Waals surface area contributed by atoms with Crippen molar-refractivity contribution < 1.29 is 9.66 Å². The molecule has 0 saturated heterocycles. The lowest BCUT2D eigenvalue weighted by molar-refractivity contribution is -0.384. The van der Waals surface area contributed by atoms with Gasteiger partial charge in [0.05, 0.1) is 15.5 Å². The topological polar surface area (TPSA) is 90.2 Å². The number of nitro groups is 1. The summed E-state index contributed by atoms with van der Waals surface area (Å²) in [6.45, 7) is 2.79. The lowest BCUT2D eigenvalue weighted by atomic mass is 10.3. The molecular weight excluding hydrogens is 340 g/mol. The predicted molar refractivity (Wildman–Crippen MR) is 81.7 cm³/mol. The Morgan fingerprint density at radius 1 is 1.43 bits per heavy atom. The van der Waals surface area contributed by atoms with Crippen molar-refractivity contribution in [3.8, 4) is 11.6 Å². The first-order valence-corrected chi connectivity index (χ1v) is 7.08. The number of hydrogen-bond acceptors (Lipinski definition) is 6. The van der Waals surface area contributed by atoms with Crippen molar-refractivity contribution in [2.24, 2.45) is 0 Å². The van der Waals surface area contributed by atoms with Gasteiger partial charge in [0.25, 0.3) is 5.69 Å². The second kappa shape index (κ2) is 6.98. The van der Waals surface area contributed by atoms with E-state index in [9.17, 15) is 10.1 Å². The Hall–Kier alpha value is -2.22. The Labute approximate surface area is 129 Å². The molecule has 0 bridgehead atoms. The standard InChI is InChI=1S/C13H13BrN4O3/c1-2-6-15-13-16-7-5-12(17-13)21-11-8-9(18(19)20)3-4-10(11)14/h3-5,7-8H,2,6H2,1H3,(H,15,16,17). The summed E-state index contributed by atoms with van der Waals surface area (Å²) in [5.74, 6) is 1.09. The molecule has 1 N–H and O–H groups in total. The van der Waals surface area contributed by atoms with Crippen LogP contribution in [0.4, 0.5) is 11.6 Å². The molecule has 8 heteroatoms. The summed E-state index contributed by atoms with van der Waals surface area (Å²) < 4.78 is 6.18. The van der Waals surface area contributed by atoms with Gasteiger partial charge in [-0.15, -0.1) is 0 Å². The third-order valence-corrected chi connectivity index (χ3v) is 3.16. The van der Waals surface area contributed by atoms with Crippen molar-refractivity contribution in [2.45, 2.75) is 13.3 Å². The Bertz CT molecular complexity index is 651. The quantitative estimate of drug-likeness (QED) is 0.628.